The smallest absolute Gasteiger partial charge is 0.328 e. The van der Waals surface area contributed by atoms with Crippen molar-refractivity contribution in [3.05, 3.63) is 72.1 Å². The van der Waals surface area contributed by atoms with E-state index in [2.05, 4.69) is 0 Å². The lowest BCUT2D eigenvalue weighted by molar-refractivity contribution is -0.151. The van der Waals surface area contributed by atoms with Crippen molar-refractivity contribution in [1.29, 1.82) is 0 Å². The third-order valence-corrected chi connectivity index (χ3v) is 6.25. The Morgan fingerprint density at radius 1 is 1.06 bits per heavy atom. The normalized spacial score (nSPS) is 21.0. The Balaban J connectivity index is 1.34. The quantitative estimate of drug-likeness (QED) is 0.592. The first-order valence-corrected chi connectivity index (χ1v) is 11.2. The Hall–Kier alpha value is -4.34. The highest BCUT2D eigenvalue weighted by Crippen LogP contribution is 2.36. The summed E-state index contributed by atoms with van der Waals surface area (Å²) in [5, 5.41) is 0. The van der Waals surface area contributed by atoms with Crippen LogP contribution in [0, 0.1) is 0 Å². The molecule has 0 aromatic heterocycles. The van der Waals surface area contributed by atoms with E-state index in [0.717, 1.165) is 27.6 Å². The van der Waals surface area contributed by atoms with Crippen LogP contribution >= 0.6 is 0 Å². The van der Waals surface area contributed by atoms with Crippen LogP contribution in [-0.4, -0.2) is 71.5 Å². The highest BCUT2D eigenvalue weighted by atomic mass is 16.5. The number of allylic oxidation sites excluding steroid dienone is 1. The van der Waals surface area contributed by atoms with Crippen LogP contribution in [-0.2, 0) is 20.9 Å². The molecular weight excluding hydrogens is 450 g/mol. The maximum Gasteiger partial charge on any atom is 0.328 e. The number of rotatable bonds is 6. The van der Waals surface area contributed by atoms with Crippen LogP contribution in [0.15, 0.2) is 71.5 Å². The van der Waals surface area contributed by atoms with Crippen LogP contribution < -0.4 is 9.64 Å². The molecule has 0 spiro atoms. The molecule has 3 amide bonds. The Morgan fingerprint density at radius 3 is 2.46 bits per heavy atom. The summed E-state index contributed by atoms with van der Waals surface area (Å²) in [6.45, 7) is 1.52. The molecule has 0 aliphatic carbocycles. The van der Waals surface area contributed by atoms with Crippen LogP contribution in [0.5, 0.6) is 5.75 Å². The van der Waals surface area contributed by atoms with Crippen LogP contribution in [0.2, 0.25) is 0 Å². The zero-order chi connectivity index (χ0) is 24.7. The van der Waals surface area contributed by atoms with Gasteiger partial charge in [0.05, 0.1) is 7.11 Å². The maximum absolute atomic E-state index is 13.4. The Morgan fingerprint density at radius 2 is 1.77 bits per heavy atom. The number of fused-ring (bicyclic) bond motifs is 3. The highest BCUT2D eigenvalue weighted by Gasteiger charge is 2.54. The van der Waals surface area contributed by atoms with Crippen molar-refractivity contribution < 1.29 is 23.9 Å². The summed E-state index contributed by atoms with van der Waals surface area (Å²) in [5.74, 6) is 0.122. The average molecular weight is 476 g/mol. The number of likely N-dealkylation sites (N-methyl/N-ethyl adjacent to an activating group) is 1. The van der Waals surface area contributed by atoms with Crippen molar-refractivity contribution in [2.45, 2.75) is 25.7 Å². The first-order chi connectivity index (χ1) is 16.9. The van der Waals surface area contributed by atoms with E-state index in [9.17, 15) is 14.4 Å². The molecule has 2 aromatic rings. The van der Waals surface area contributed by atoms with E-state index in [4.69, 9.17) is 14.5 Å². The van der Waals surface area contributed by atoms with E-state index in [1.807, 2.05) is 72.6 Å². The monoisotopic (exact) mass is 475 g/mol. The number of ether oxygens (including phenoxy) is 2. The zero-order valence-electron chi connectivity index (χ0n) is 19.6. The Kier molecular flexibility index (Phi) is 5.64. The lowest BCUT2D eigenvalue weighted by atomic mass is 10.1. The fraction of sp³-hybridized carbons (Fsp3) is 0.280. The van der Waals surface area contributed by atoms with Crippen molar-refractivity contribution >= 4 is 29.6 Å². The van der Waals surface area contributed by atoms with Crippen LogP contribution in [0.25, 0.3) is 0 Å². The van der Waals surface area contributed by atoms with Gasteiger partial charge >= 0.3 is 12.0 Å². The van der Waals surface area contributed by atoms with Gasteiger partial charge < -0.3 is 19.3 Å². The van der Waals surface area contributed by atoms with E-state index in [1.54, 1.807) is 19.1 Å². The molecule has 1 saturated heterocycles. The van der Waals surface area contributed by atoms with E-state index in [-0.39, 0.29) is 6.61 Å². The van der Waals surface area contributed by atoms with Crippen LogP contribution in [0.1, 0.15) is 12.5 Å². The lowest BCUT2D eigenvalue weighted by Crippen LogP contribution is -2.65. The average Bonchev–Trinajstić information content (AvgIpc) is 3.39. The molecule has 0 radical (unpaired) electrons. The number of urea groups is 1. The number of carbonyl (C=O) groups excluding carboxylic acids is 3. The number of nitrogens with zero attached hydrogens (tertiary/aromatic N) is 5. The third kappa shape index (κ3) is 3.86. The van der Waals surface area contributed by atoms with Gasteiger partial charge in [-0.3, -0.25) is 19.4 Å². The molecule has 5 rings (SSSR count). The van der Waals surface area contributed by atoms with E-state index in [1.165, 1.54) is 4.90 Å². The predicted octanol–water partition coefficient (Wildman–Crippen LogP) is 2.38. The Labute approximate surface area is 202 Å². The number of hydrogen-bond donors (Lipinski definition) is 0. The summed E-state index contributed by atoms with van der Waals surface area (Å²) in [4.78, 5) is 49.6. The summed E-state index contributed by atoms with van der Waals surface area (Å²) >= 11 is 0. The SMILES string of the molecule is COc1ccc(N2C(C)=CN3C2=NC2C3C(=O)N(CC(=O)OCc3ccccc3)C(=O)N2C)cc1. The summed E-state index contributed by atoms with van der Waals surface area (Å²) in [5.41, 5.74) is 2.54. The highest BCUT2D eigenvalue weighted by molar-refractivity contribution is 6.10. The molecule has 0 N–H and O–H groups in total. The van der Waals surface area contributed by atoms with Gasteiger partial charge in [-0.1, -0.05) is 30.3 Å². The number of carbonyl (C=O) groups is 3. The molecule has 3 aliphatic rings. The number of benzene rings is 2. The second kappa shape index (κ2) is 8.79. The van der Waals surface area contributed by atoms with Gasteiger partial charge in [-0.05, 0) is 36.8 Å². The van der Waals surface area contributed by atoms with Gasteiger partial charge in [0.15, 0.2) is 12.2 Å². The van der Waals surface area contributed by atoms with Gasteiger partial charge in [0.1, 0.15) is 18.9 Å². The van der Waals surface area contributed by atoms with E-state index in [0.29, 0.717) is 5.96 Å². The molecule has 35 heavy (non-hydrogen) atoms. The largest absolute Gasteiger partial charge is 0.497 e. The Bertz CT molecular complexity index is 1230. The van der Waals surface area contributed by atoms with Crippen molar-refractivity contribution in [1.82, 2.24) is 14.7 Å². The summed E-state index contributed by atoms with van der Waals surface area (Å²) in [6, 6.07) is 15.3. The topological polar surface area (TPSA) is 95.0 Å². The van der Waals surface area contributed by atoms with Crippen LogP contribution in [0.3, 0.4) is 0 Å². The van der Waals surface area contributed by atoms with Gasteiger partial charge in [-0.2, -0.15) is 0 Å². The first kappa shape index (κ1) is 22.5. The molecule has 3 heterocycles. The number of aliphatic imine (C=N–C) groups is 1. The summed E-state index contributed by atoms with van der Waals surface area (Å²) in [7, 11) is 3.18. The van der Waals surface area contributed by atoms with Gasteiger partial charge in [-0.15, -0.1) is 0 Å². The number of anilines is 1. The molecule has 0 saturated carbocycles. The standard InChI is InChI=1S/C25H25N5O5/c1-16-13-28-21-22(26-24(28)30(16)18-9-11-19(34-3)12-10-18)27(2)25(33)29(23(21)32)14-20(31)35-15-17-7-5-4-6-8-17/h4-13,21-22H,14-15H2,1-3H3. The number of methoxy groups -OCH3 is 1. The van der Waals surface area contributed by atoms with Crippen molar-refractivity contribution in [2.24, 2.45) is 4.99 Å². The molecule has 0 bridgehead atoms. The molecule has 1 fully saturated rings. The molecule has 10 nitrogen and oxygen atoms in total. The minimum absolute atomic E-state index is 0.0654. The molecule has 2 atom stereocenters. The summed E-state index contributed by atoms with van der Waals surface area (Å²) in [6.07, 6.45) is 1.13. The first-order valence-electron chi connectivity index (χ1n) is 11.2. The van der Waals surface area contributed by atoms with Crippen molar-refractivity contribution in [3.63, 3.8) is 0 Å². The van der Waals surface area contributed by atoms with Crippen molar-refractivity contribution in [3.8, 4) is 5.75 Å². The number of imide groups is 1. The number of esters is 1. The molecule has 10 heteroatoms. The zero-order valence-corrected chi connectivity index (χ0v) is 19.6. The van der Waals surface area contributed by atoms with Gasteiger partial charge in [0.25, 0.3) is 5.91 Å². The second-order valence-electron chi connectivity index (χ2n) is 8.46. The molecule has 180 valence electrons. The van der Waals surface area contributed by atoms with Gasteiger partial charge in [0, 0.05) is 24.6 Å². The molecule has 2 aromatic carbocycles. The van der Waals surface area contributed by atoms with E-state index < -0.39 is 36.7 Å². The fourth-order valence-electron chi connectivity index (χ4n) is 4.46. The maximum atomic E-state index is 13.4. The van der Waals surface area contributed by atoms with Crippen LogP contribution in [0.4, 0.5) is 10.5 Å². The predicted molar refractivity (Wildman–Crippen MR) is 127 cm³/mol. The lowest BCUT2D eigenvalue weighted by Gasteiger charge is -2.39. The third-order valence-electron chi connectivity index (χ3n) is 6.25. The van der Waals surface area contributed by atoms with E-state index >= 15 is 0 Å². The molecule has 3 aliphatic heterocycles. The fourth-order valence-corrected chi connectivity index (χ4v) is 4.46. The number of hydrogen-bond acceptors (Lipinski definition) is 8. The number of guanidine groups is 1. The van der Waals surface area contributed by atoms with Crippen molar-refractivity contribution in [2.75, 3.05) is 25.6 Å². The van der Waals surface area contributed by atoms with Gasteiger partial charge in [-0.25, -0.2) is 9.79 Å². The van der Waals surface area contributed by atoms with Gasteiger partial charge in [0.2, 0.25) is 5.96 Å². The molecule has 2 unspecified atom stereocenters. The second-order valence-corrected chi connectivity index (χ2v) is 8.46. The minimum Gasteiger partial charge on any atom is -0.497 e. The number of amides is 3. The molecular formula is C25H25N5O5. The minimum atomic E-state index is -0.771. The summed E-state index contributed by atoms with van der Waals surface area (Å²) < 4.78 is 10.5.